The Balaban J connectivity index is 1.89. The number of amides is 1. The SMILES string of the molecule is COC(=O)c1c(NC(=O)C(C)OCC2CC2)c2cccnc2n1C. The highest BCUT2D eigenvalue weighted by Crippen LogP contribution is 2.31. The number of rotatable bonds is 6. The van der Waals surface area contributed by atoms with Gasteiger partial charge in [0.25, 0.3) is 5.91 Å². The molecule has 2 heterocycles. The topological polar surface area (TPSA) is 82.4 Å². The van der Waals surface area contributed by atoms with E-state index in [1.165, 1.54) is 7.11 Å². The third-order valence-corrected chi connectivity index (χ3v) is 4.22. The number of aryl methyl sites for hydroxylation is 1. The summed E-state index contributed by atoms with van der Waals surface area (Å²) in [6.07, 6.45) is 3.37. The Morgan fingerprint density at radius 1 is 1.46 bits per heavy atom. The number of anilines is 1. The van der Waals surface area contributed by atoms with Gasteiger partial charge >= 0.3 is 5.97 Å². The van der Waals surface area contributed by atoms with Crippen molar-refractivity contribution in [2.24, 2.45) is 13.0 Å². The van der Waals surface area contributed by atoms with E-state index < -0.39 is 12.1 Å². The van der Waals surface area contributed by atoms with E-state index in [-0.39, 0.29) is 11.6 Å². The van der Waals surface area contributed by atoms with Crippen LogP contribution in [0.4, 0.5) is 5.69 Å². The number of methoxy groups -OCH3 is 1. The third-order valence-electron chi connectivity index (χ3n) is 4.22. The molecule has 1 saturated carbocycles. The van der Waals surface area contributed by atoms with E-state index in [0.717, 1.165) is 12.8 Å². The zero-order chi connectivity index (χ0) is 17.3. The number of fused-ring (bicyclic) bond motifs is 1. The Bertz CT molecular complexity index is 779. The number of carbonyl (C=O) groups is 2. The number of hydrogen-bond acceptors (Lipinski definition) is 5. The minimum absolute atomic E-state index is 0.258. The van der Waals surface area contributed by atoms with Gasteiger partial charge in [0.2, 0.25) is 0 Å². The van der Waals surface area contributed by atoms with E-state index in [9.17, 15) is 9.59 Å². The minimum Gasteiger partial charge on any atom is -0.464 e. The van der Waals surface area contributed by atoms with E-state index in [4.69, 9.17) is 9.47 Å². The molecule has 7 nitrogen and oxygen atoms in total. The molecule has 1 aliphatic rings. The van der Waals surface area contributed by atoms with Crippen molar-refractivity contribution in [1.29, 1.82) is 0 Å². The van der Waals surface area contributed by atoms with Crippen molar-refractivity contribution in [1.82, 2.24) is 9.55 Å². The molecule has 2 aromatic rings. The number of carbonyl (C=O) groups excluding carboxylic acids is 2. The van der Waals surface area contributed by atoms with Gasteiger partial charge in [-0.05, 0) is 37.8 Å². The molecule has 0 spiro atoms. The molecule has 1 fully saturated rings. The first-order chi connectivity index (χ1) is 11.5. The highest BCUT2D eigenvalue weighted by Gasteiger charge is 2.27. The van der Waals surface area contributed by atoms with Crippen LogP contribution in [0.2, 0.25) is 0 Å². The lowest BCUT2D eigenvalue weighted by atomic mass is 10.2. The molecule has 1 atom stereocenters. The van der Waals surface area contributed by atoms with Crippen LogP contribution in [0.15, 0.2) is 18.3 Å². The third kappa shape index (κ3) is 3.12. The average molecular weight is 331 g/mol. The highest BCUT2D eigenvalue weighted by atomic mass is 16.5. The zero-order valence-electron chi connectivity index (χ0n) is 14.0. The summed E-state index contributed by atoms with van der Waals surface area (Å²) in [5.41, 5.74) is 1.26. The normalized spacial score (nSPS) is 15.3. The minimum atomic E-state index is -0.594. The number of esters is 1. The quantitative estimate of drug-likeness (QED) is 0.820. The van der Waals surface area contributed by atoms with Gasteiger partial charge in [-0.1, -0.05) is 0 Å². The molecule has 0 aromatic carbocycles. The summed E-state index contributed by atoms with van der Waals surface area (Å²) in [4.78, 5) is 28.9. The van der Waals surface area contributed by atoms with Crippen molar-refractivity contribution in [2.75, 3.05) is 19.0 Å². The van der Waals surface area contributed by atoms with E-state index >= 15 is 0 Å². The number of nitrogens with zero attached hydrogens (tertiary/aromatic N) is 2. The number of aromatic nitrogens is 2. The predicted octanol–water partition coefficient (Wildman–Crippen LogP) is 2.11. The summed E-state index contributed by atoms with van der Waals surface area (Å²) < 4.78 is 12.1. The fourth-order valence-electron chi connectivity index (χ4n) is 2.59. The number of nitrogens with one attached hydrogen (secondary N) is 1. The van der Waals surface area contributed by atoms with Crippen molar-refractivity contribution in [3.05, 3.63) is 24.0 Å². The molecule has 0 saturated heterocycles. The Kier molecular flexibility index (Phi) is 4.53. The van der Waals surface area contributed by atoms with Crippen LogP contribution in [0.25, 0.3) is 11.0 Å². The Morgan fingerprint density at radius 3 is 2.88 bits per heavy atom. The van der Waals surface area contributed by atoms with E-state index in [2.05, 4.69) is 10.3 Å². The van der Waals surface area contributed by atoms with Crippen LogP contribution in [-0.4, -0.2) is 41.2 Å². The van der Waals surface area contributed by atoms with Gasteiger partial charge < -0.3 is 19.4 Å². The first-order valence-corrected chi connectivity index (χ1v) is 7.97. The molecule has 0 aliphatic heterocycles. The molecular weight excluding hydrogens is 310 g/mol. The average Bonchev–Trinajstić information content (AvgIpc) is 3.38. The van der Waals surface area contributed by atoms with Crippen LogP contribution in [0.5, 0.6) is 0 Å². The monoisotopic (exact) mass is 331 g/mol. The van der Waals surface area contributed by atoms with Crippen molar-refractivity contribution in [2.45, 2.75) is 25.9 Å². The number of hydrogen-bond donors (Lipinski definition) is 1. The van der Waals surface area contributed by atoms with E-state index in [1.807, 2.05) is 0 Å². The van der Waals surface area contributed by atoms with Gasteiger partial charge in [0.15, 0.2) is 5.69 Å². The van der Waals surface area contributed by atoms with Crippen LogP contribution in [0, 0.1) is 5.92 Å². The van der Waals surface area contributed by atoms with Gasteiger partial charge in [0, 0.05) is 18.6 Å². The summed E-state index contributed by atoms with van der Waals surface area (Å²) in [6, 6.07) is 3.56. The first kappa shape index (κ1) is 16.4. The maximum Gasteiger partial charge on any atom is 0.356 e. The second-order valence-electron chi connectivity index (χ2n) is 6.06. The molecule has 2 aromatic heterocycles. The van der Waals surface area contributed by atoms with Gasteiger partial charge in [-0.3, -0.25) is 4.79 Å². The Morgan fingerprint density at radius 2 is 2.21 bits per heavy atom. The fraction of sp³-hybridized carbons (Fsp3) is 0.471. The lowest BCUT2D eigenvalue weighted by Gasteiger charge is -2.14. The standard InChI is InChI=1S/C17H21N3O4/c1-10(24-9-11-6-7-11)16(21)19-13-12-5-4-8-18-15(12)20(2)14(13)17(22)23-3/h4-5,8,10-11H,6-7,9H2,1-3H3,(H,19,21). The van der Waals surface area contributed by atoms with E-state index in [1.54, 1.807) is 36.9 Å². The lowest BCUT2D eigenvalue weighted by molar-refractivity contribution is -0.126. The molecule has 0 bridgehead atoms. The number of ether oxygens (including phenoxy) is 2. The van der Waals surface area contributed by atoms with Gasteiger partial charge in [-0.25, -0.2) is 9.78 Å². The zero-order valence-corrected chi connectivity index (χ0v) is 14.0. The molecule has 1 aliphatic carbocycles. The van der Waals surface area contributed by atoms with Crippen LogP contribution in [0.1, 0.15) is 30.3 Å². The second-order valence-corrected chi connectivity index (χ2v) is 6.06. The van der Waals surface area contributed by atoms with Gasteiger partial charge in [-0.2, -0.15) is 0 Å². The molecule has 0 radical (unpaired) electrons. The van der Waals surface area contributed by atoms with Gasteiger partial charge in [-0.15, -0.1) is 0 Å². The van der Waals surface area contributed by atoms with E-state index in [0.29, 0.717) is 29.2 Å². The van der Waals surface area contributed by atoms with Crippen molar-refractivity contribution >= 4 is 28.6 Å². The summed E-state index contributed by atoms with van der Waals surface area (Å²) in [5.74, 6) is -0.248. The maximum absolute atomic E-state index is 12.4. The van der Waals surface area contributed by atoms with Crippen LogP contribution in [-0.2, 0) is 21.3 Å². The van der Waals surface area contributed by atoms with Crippen LogP contribution in [0.3, 0.4) is 0 Å². The Hall–Kier alpha value is -2.41. The molecule has 24 heavy (non-hydrogen) atoms. The lowest BCUT2D eigenvalue weighted by Crippen LogP contribution is -2.29. The predicted molar refractivity (Wildman–Crippen MR) is 88.8 cm³/mol. The molecule has 1 unspecified atom stereocenters. The van der Waals surface area contributed by atoms with Crippen molar-refractivity contribution in [3.8, 4) is 0 Å². The smallest absolute Gasteiger partial charge is 0.356 e. The first-order valence-electron chi connectivity index (χ1n) is 7.97. The molecule has 1 N–H and O–H groups in total. The number of pyridine rings is 1. The Labute approximate surface area is 139 Å². The van der Waals surface area contributed by atoms with Crippen LogP contribution < -0.4 is 5.32 Å². The summed E-state index contributed by atoms with van der Waals surface area (Å²) in [7, 11) is 3.02. The molecule has 1 amide bonds. The summed E-state index contributed by atoms with van der Waals surface area (Å²) in [6.45, 7) is 2.30. The summed E-state index contributed by atoms with van der Waals surface area (Å²) in [5, 5.41) is 3.49. The molecular formula is C17H21N3O4. The van der Waals surface area contributed by atoms with Gasteiger partial charge in [0.1, 0.15) is 11.8 Å². The molecule has 7 heteroatoms. The molecule has 128 valence electrons. The van der Waals surface area contributed by atoms with Crippen LogP contribution >= 0.6 is 0 Å². The highest BCUT2D eigenvalue weighted by molar-refractivity contribution is 6.11. The maximum atomic E-state index is 12.4. The second kappa shape index (κ2) is 6.60. The van der Waals surface area contributed by atoms with Gasteiger partial charge in [0.05, 0.1) is 19.4 Å². The van der Waals surface area contributed by atoms with Crippen molar-refractivity contribution in [3.63, 3.8) is 0 Å². The largest absolute Gasteiger partial charge is 0.464 e. The molecule has 3 rings (SSSR count). The fourth-order valence-corrected chi connectivity index (χ4v) is 2.59. The van der Waals surface area contributed by atoms with Crippen molar-refractivity contribution < 1.29 is 19.1 Å². The summed E-state index contributed by atoms with van der Waals surface area (Å²) >= 11 is 0.